The topological polar surface area (TPSA) is 130 Å². The quantitative estimate of drug-likeness (QED) is 0.133. The third kappa shape index (κ3) is 6.32. The molecule has 2 aromatic carbocycles. The number of hydrogen-bond acceptors (Lipinski definition) is 12. The number of pyridine rings is 2. The van der Waals surface area contributed by atoms with Crippen LogP contribution in [0, 0.1) is 0 Å². The summed E-state index contributed by atoms with van der Waals surface area (Å²) in [5.74, 6) is 0.784. The average Bonchev–Trinajstić information content (AvgIpc) is 4.04. The maximum Gasteiger partial charge on any atom is 0.358 e. The maximum atomic E-state index is 13.1. The highest BCUT2D eigenvalue weighted by molar-refractivity contribution is 7.25. The van der Waals surface area contributed by atoms with Gasteiger partial charge in [0, 0.05) is 34.6 Å². The number of furan rings is 2. The molecule has 0 atom stereocenters. The molecular weight excluding hydrogens is 697 g/mol. The van der Waals surface area contributed by atoms with E-state index in [1.165, 1.54) is 36.9 Å². The van der Waals surface area contributed by atoms with Crippen molar-refractivity contribution in [3.63, 3.8) is 0 Å². The van der Waals surface area contributed by atoms with Gasteiger partial charge in [-0.1, -0.05) is 60.7 Å². The van der Waals surface area contributed by atoms with Gasteiger partial charge in [0.1, 0.15) is 11.5 Å². The fourth-order valence-electron chi connectivity index (χ4n) is 5.52. The molecular formula is C40H26N4O6S2. The van der Waals surface area contributed by atoms with Crippen molar-refractivity contribution >= 4 is 34.6 Å². The molecule has 0 N–H and O–H groups in total. The Morgan fingerprint density at radius 3 is 1.25 bits per heavy atom. The van der Waals surface area contributed by atoms with E-state index in [1.54, 1.807) is 24.5 Å². The lowest BCUT2D eigenvalue weighted by Crippen LogP contribution is -2.06. The molecule has 8 rings (SSSR count). The maximum absolute atomic E-state index is 13.1. The van der Waals surface area contributed by atoms with Gasteiger partial charge in [-0.05, 0) is 48.5 Å². The predicted molar refractivity (Wildman–Crippen MR) is 199 cm³/mol. The van der Waals surface area contributed by atoms with Gasteiger partial charge in [-0.3, -0.25) is 9.97 Å². The number of esters is 2. The van der Waals surface area contributed by atoms with Crippen LogP contribution in [-0.2, 0) is 9.47 Å². The first-order valence-corrected chi connectivity index (χ1v) is 17.5. The number of methoxy groups -OCH3 is 2. The van der Waals surface area contributed by atoms with E-state index in [1.807, 2.05) is 97.1 Å². The van der Waals surface area contributed by atoms with Crippen LogP contribution in [0.15, 0.2) is 130 Å². The molecule has 0 unspecified atom stereocenters. The van der Waals surface area contributed by atoms with E-state index in [-0.39, 0.29) is 11.4 Å². The Morgan fingerprint density at radius 2 is 0.885 bits per heavy atom. The number of ether oxygens (including phenoxy) is 2. The summed E-state index contributed by atoms with van der Waals surface area (Å²) < 4.78 is 22.6. The van der Waals surface area contributed by atoms with Crippen molar-refractivity contribution < 1.29 is 27.9 Å². The Bertz CT molecular complexity index is 2340. The Kier molecular flexibility index (Phi) is 8.81. The average molecular weight is 723 g/mol. The zero-order chi connectivity index (χ0) is 35.6. The highest BCUT2D eigenvalue weighted by Gasteiger charge is 2.30. The van der Waals surface area contributed by atoms with Crippen LogP contribution in [0.2, 0.25) is 0 Å². The van der Waals surface area contributed by atoms with Crippen LogP contribution in [0.25, 0.3) is 76.5 Å². The molecule has 6 aromatic heterocycles. The normalized spacial score (nSPS) is 11.0. The summed E-state index contributed by atoms with van der Waals surface area (Å²) in [6, 6.07) is 34.6. The molecule has 12 heteroatoms. The number of aromatic nitrogens is 4. The fourth-order valence-corrected chi connectivity index (χ4v) is 7.68. The minimum Gasteiger partial charge on any atom is -0.464 e. The Balaban J connectivity index is 1.11. The second-order valence-electron chi connectivity index (χ2n) is 11.3. The Morgan fingerprint density at radius 1 is 0.500 bits per heavy atom. The number of thiazole rings is 2. The van der Waals surface area contributed by atoms with Gasteiger partial charge in [-0.25, -0.2) is 19.6 Å². The molecule has 6 heterocycles. The van der Waals surface area contributed by atoms with Crippen molar-refractivity contribution in [2.45, 2.75) is 0 Å². The Hall–Kier alpha value is -6.50. The first-order chi connectivity index (χ1) is 25.5. The van der Waals surface area contributed by atoms with Gasteiger partial charge in [0.2, 0.25) is 0 Å². The van der Waals surface area contributed by atoms with Gasteiger partial charge in [0.15, 0.2) is 32.9 Å². The van der Waals surface area contributed by atoms with E-state index in [2.05, 4.69) is 19.9 Å². The van der Waals surface area contributed by atoms with E-state index in [0.29, 0.717) is 42.8 Å². The van der Waals surface area contributed by atoms with E-state index in [9.17, 15) is 9.59 Å². The molecule has 0 fully saturated rings. The van der Waals surface area contributed by atoms with Crippen molar-refractivity contribution in [1.82, 2.24) is 19.9 Å². The zero-order valence-electron chi connectivity index (χ0n) is 27.6. The summed E-state index contributed by atoms with van der Waals surface area (Å²) in [4.78, 5) is 44.9. The van der Waals surface area contributed by atoms with Crippen molar-refractivity contribution in [3.05, 3.63) is 133 Å². The first-order valence-electron chi connectivity index (χ1n) is 15.9. The summed E-state index contributed by atoms with van der Waals surface area (Å²) in [5, 5.41) is 0.846. The van der Waals surface area contributed by atoms with Crippen LogP contribution < -0.4 is 0 Å². The molecule has 8 aromatic rings. The van der Waals surface area contributed by atoms with Gasteiger partial charge in [0.25, 0.3) is 0 Å². The molecule has 0 aliphatic heterocycles. The monoisotopic (exact) mass is 722 g/mol. The van der Waals surface area contributed by atoms with E-state index >= 15 is 0 Å². The molecule has 0 amide bonds. The van der Waals surface area contributed by atoms with E-state index in [4.69, 9.17) is 18.3 Å². The molecule has 254 valence electrons. The van der Waals surface area contributed by atoms with Crippen LogP contribution in [0.5, 0.6) is 0 Å². The van der Waals surface area contributed by atoms with Gasteiger partial charge in [-0.2, -0.15) is 0 Å². The Labute approximate surface area is 305 Å². The lowest BCUT2D eigenvalue weighted by molar-refractivity contribution is 0.0584. The molecule has 0 aliphatic carbocycles. The van der Waals surface area contributed by atoms with Crippen molar-refractivity contribution in [1.29, 1.82) is 0 Å². The van der Waals surface area contributed by atoms with Gasteiger partial charge in [-0.15, -0.1) is 22.7 Å². The van der Waals surface area contributed by atoms with Gasteiger partial charge >= 0.3 is 11.9 Å². The molecule has 0 aliphatic rings. The van der Waals surface area contributed by atoms with Crippen LogP contribution >= 0.6 is 22.7 Å². The number of benzene rings is 2. The summed E-state index contributed by atoms with van der Waals surface area (Å²) in [6.07, 6.45) is 3.51. The van der Waals surface area contributed by atoms with Crippen LogP contribution in [-0.4, -0.2) is 46.1 Å². The summed E-state index contributed by atoms with van der Waals surface area (Å²) in [6.45, 7) is 0. The van der Waals surface area contributed by atoms with Gasteiger partial charge in [0.05, 0.1) is 35.4 Å². The first kappa shape index (κ1) is 32.7. The van der Waals surface area contributed by atoms with E-state index in [0.717, 1.165) is 33.6 Å². The lowest BCUT2D eigenvalue weighted by atomic mass is 10.1. The second-order valence-corrected chi connectivity index (χ2v) is 13.3. The summed E-state index contributed by atoms with van der Waals surface area (Å²) >= 11 is 2.37. The molecule has 0 radical (unpaired) electrons. The number of rotatable bonds is 9. The number of hydrogen-bond donors (Lipinski definition) is 0. The van der Waals surface area contributed by atoms with Crippen LogP contribution in [0.3, 0.4) is 0 Å². The number of nitrogens with zero attached hydrogens (tertiary/aromatic N) is 4. The molecule has 52 heavy (non-hydrogen) atoms. The molecule has 0 spiro atoms. The highest BCUT2D eigenvalue weighted by Crippen LogP contribution is 2.44. The second kappa shape index (κ2) is 14.0. The molecule has 10 nitrogen and oxygen atoms in total. The van der Waals surface area contributed by atoms with Crippen molar-refractivity contribution in [3.8, 4) is 76.5 Å². The number of carbonyl (C=O) groups excluding carboxylic acids is 2. The van der Waals surface area contributed by atoms with Crippen LogP contribution in [0.4, 0.5) is 0 Å². The SMILES string of the molecule is COC(=O)c1nc(-c2ccc(-c3ccc(-c4ccccn4)cc3)o2)sc1-c1sc(-c2ccc(-c3ccc(-c4ccccn4)cc3)o2)nc1C(=O)OC. The predicted octanol–water partition coefficient (Wildman–Crippen LogP) is 9.82. The highest BCUT2D eigenvalue weighted by atomic mass is 32.1. The van der Waals surface area contributed by atoms with Gasteiger partial charge < -0.3 is 18.3 Å². The zero-order valence-corrected chi connectivity index (χ0v) is 29.2. The molecule has 0 saturated carbocycles. The third-order valence-corrected chi connectivity index (χ3v) is 10.4. The number of carbonyl (C=O) groups is 2. The minimum absolute atomic E-state index is 0.0219. The van der Waals surface area contributed by atoms with Crippen LogP contribution in [0.1, 0.15) is 21.0 Å². The summed E-state index contributed by atoms with van der Waals surface area (Å²) in [7, 11) is 2.55. The fraction of sp³-hybridized carbons (Fsp3) is 0.0500. The minimum atomic E-state index is -0.672. The van der Waals surface area contributed by atoms with E-state index < -0.39 is 11.9 Å². The standard InChI is InChI=1S/C40H26N4O6S2/c1-47-39(45)33-35(51-37(43-33)31-19-17-29(49-31)25-13-9-23(10-14-25)27-7-3-5-21-41-27)36-34(40(46)48-2)44-38(52-36)32-20-18-30(50-32)26-15-11-24(12-16-26)28-8-4-6-22-42-28/h3-22H,1-2H3. The molecule has 0 saturated heterocycles. The third-order valence-electron chi connectivity index (χ3n) is 8.11. The molecule has 0 bridgehead atoms. The van der Waals surface area contributed by atoms with Crippen molar-refractivity contribution in [2.75, 3.05) is 14.2 Å². The lowest BCUT2D eigenvalue weighted by Gasteiger charge is -2.02. The smallest absolute Gasteiger partial charge is 0.358 e. The van der Waals surface area contributed by atoms with Crippen molar-refractivity contribution in [2.24, 2.45) is 0 Å². The largest absolute Gasteiger partial charge is 0.464 e. The summed E-state index contributed by atoms with van der Waals surface area (Å²) in [5.41, 5.74) is 5.47.